The third-order valence-corrected chi connectivity index (χ3v) is 5.05. The number of rotatable bonds is 0. The zero-order valence-electron chi connectivity index (χ0n) is 12.0. The monoisotopic (exact) mass is 280 g/mol. The van der Waals surface area contributed by atoms with Gasteiger partial charge in [-0.05, 0) is 46.7 Å². The van der Waals surface area contributed by atoms with Crippen molar-refractivity contribution in [3.05, 3.63) is 53.1 Å². The fourth-order valence-corrected chi connectivity index (χ4v) is 3.91. The van der Waals surface area contributed by atoms with Crippen LogP contribution in [-0.4, -0.2) is 12.0 Å². The lowest BCUT2D eigenvalue weighted by Gasteiger charge is -2.35. The molecule has 1 saturated carbocycles. The van der Waals surface area contributed by atoms with Crippen LogP contribution in [0.2, 0.25) is 0 Å². The fourth-order valence-electron chi connectivity index (χ4n) is 3.91. The van der Waals surface area contributed by atoms with Crippen LogP contribution in [0.4, 0.5) is 4.39 Å². The maximum atomic E-state index is 14.2. The van der Waals surface area contributed by atoms with E-state index in [1.54, 1.807) is 0 Å². The smallest absolute Gasteiger partial charge is 0.167 e. The molecule has 0 bridgehead atoms. The Hall–Kier alpha value is -1.96. The molecular weight excluding hydrogens is 263 g/mol. The Kier molecular flexibility index (Phi) is 2.75. The number of Topliss-reactive ketones (excluding diaryl/α,β-unsaturated/α-hetero) is 1. The lowest BCUT2D eigenvalue weighted by Crippen LogP contribution is -2.35. The van der Waals surface area contributed by atoms with E-state index in [0.29, 0.717) is 6.42 Å². The minimum absolute atomic E-state index is 0.141. The number of fused-ring (bicyclic) bond motifs is 5. The number of ketones is 1. The van der Waals surface area contributed by atoms with E-state index in [4.69, 9.17) is 0 Å². The number of carbonyl (C=O) groups excluding carboxylic acids is 1. The molecule has 0 N–H and O–H groups in total. The van der Waals surface area contributed by atoms with E-state index in [1.165, 1.54) is 27.5 Å². The van der Waals surface area contributed by atoms with Crippen LogP contribution in [0.15, 0.2) is 36.4 Å². The highest BCUT2D eigenvalue weighted by molar-refractivity contribution is 5.95. The van der Waals surface area contributed by atoms with E-state index in [1.807, 2.05) is 12.2 Å². The Balaban J connectivity index is 1.92. The highest BCUT2D eigenvalue weighted by Crippen LogP contribution is 2.45. The minimum Gasteiger partial charge on any atom is -0.296 e. The number of halogens is 1. The summed E-state index contributed by atoms with van der Waals surface area (Å²) in [6, 6.07) is 10.6. The normalized spacial score (nSPS) is 27.5. The molecule has 2 aromatic rings. The molecule has 2 aliphatic rings. The van der Waals surface area contributed by atoms with Gasteiger partial charge < -0.3 is 0 Å². The topological polar surface area (TPSA) is 17.1 Å². The predicted octanol–water partition coefficient (Wildman–Crippen LogP) is 4.58. The van der Waals surface area contributed by atoms with Crippen molar-refractivity contribution in [2.75, 3.05) is 0 Å². The van der Waals surface area contributed by atoms with Gasteiger partial charge in [-0.1, -0.05) is 42.5 Å². The second-order valence-electron chi connectivity index (χ2n) is 6.19. The molecule has 2 aromatic carbocycles. The van der Waals surface area contributed by atoms with E-state index in [-0.39, 0.29) is 17.6 Å². The summed E-state index contributed by atoms with van der Waals surface area (Å²) < 4.78 is 14.2. The van der Waals surface area contributed by atoms with E-state index in [2.05, 4.69) is 37.3 Å². The molecule has 3 atom stereocenters. The number of hydrogen-bond acceptors (Lipinski definition) is 1. The molecule has 0 spiro atoms. The molecule has 2 heteroatoms. The van der Waals surface area contributed by atoms with Crippen LogP contribution in [0.3, 0.4) is 0 Å². The minimum atomic E-state index is -1.33. The van der Waals surface area contributed by atoms with Crippen molar-refractivity contribution in [3.8, 4) is 0 Å². The van der Waals surface area contributed by atoms with Crippen LogP contribution in [0.5, 0.6) is 0 Å². The summed E-state index contributed by atoms with van der Waals surface area (Å²) in [5.74, 6) is -0.371. The van der Waals surface area contributed by atoms with Gasteiger partial charge in [0, 0.05) is 12.3 Å². The number of benzene rings is 2. The summed E-state index contributed by atoms with van der Waals surface area (Å²) in [6.45, 7) is 2.11. The van der Waals surface area contributed by atoms with E-state index in [9.17, 15) is 9.18 Å². The number of carbonyl (C=O) groups is 1. The first kappa shape index (κ1) is 12.8. The van der Waals surface area contributed by atoms with Crippen LogP contribution in [-0.2, 0) is 4.79 Å². The average Bonchev–Trinajstić information content (AvgIpc) is 2.50. The maximum Gasteiger partial charge on any atom is 0.167 e. The SMILES string of the molecule is Cc1cccc2c3c(ccc12)C1CCC(=O)C(F)C1C=C3. The second kappa shape index (κ2) is 4.52. The molecule has 21 heavy (non-hydrogen) atoms. The Morgan fingerprint density at radius 2 is 2.00 bits per heavy atom. The van der Waals surface area contributed by atoms with Gasteiger partial charge in [0.15, 0.2) is 12.0 Å². The predicted molar refractivity (Wildman–Crippen MR) is 83.1 cm³/mol. The van der Waals surface area contributed by atoms with Gasteiger partial charge in [-0.3, -0.25) is 4.79 Å². The number of alkyl halides is 1. The summed E-state index contributed by atoms with van der Waals surface area (Å²) in [4.78, 5) is 11.6. The maximum absolute atomic E-state index is 14.2. The van der Waals surface area contributed by atoms with Crippen LogP contribution in [0, 0.1) is 12.8 Å². The van der Waals surface area contributed by atoms with Crippen molar-refractivity contribution in [3.63, 3.8) is 0 Å². The molecule has 0 aromatic heterocycles. The molecule has 0 heterocycles. The number of allylic oxidation sites excluding steroid dienone is 1. The molecule has 3 unspecified atom stereocenters. The lowest BCUT2D eigenvalue weighted by atomic mass is 9.69. The molecule has 0 amide bonds. The molecule has 2 aliphatic carbocycles. The van der Waals surface area contributed by atoms with Crippen molar-refractivity contribution in [2.45, 2.75) is 31.9 Å². The van der Waals surface area contributed by atoms with E-state index < -0.39 is 6.17 Å². The Morgan fingerprint density at radius 1 is 1.14 bits per heavy atom. The third kappa shape index (κ3) is 1.78. The molecule has 1 nitrogen and oxygen atoms in total. The van der Waals surface area contributed by atoms with E-state index >= 15 is 0 Å². The van der Waals surface area contributed by atoms with Crippen LogP contribution in [0.25, 0.3) is 16.8 Å². The van der Waals surface area contributed by atoms with Gasteiger partial charge in [0.1, 0.15) is 0 Å². The summed E-state index contributed by atoms with van der Waals surface area (Å²) in [6.07, 6.45) is 3.72. The zero-order chi connectivity index (χ0) is 14.6. The van der Waals surface area contributed by atoms with Gasteiger partial charge >= 0.3 is 0 Å². The van der Waals surface area contributed by atoms with Gasteiger partial charge in [0.25, 0.3) is 0 Å². The van der Waals surface area contributed by atoms with Gasteiger partial charge in [-0.2, -0.15) is 0 Å². The van der Waals surface area contributed by atoms with Gasteiger partial charge in [0.05, 0.1) is 0 Å². The number of aryl methyl sites for hydroxylation is 1. The summed E-state index contributed by atoms with van der Waals surface area (Å²) in [7, 11) is 0. The largest absolute Gasteiger partial charge is 0.296 e. The second-order valence-corrected chi connectivity index (χ2v) is 6.19. The summed E-state index contributed by atoms with van der Waals surface area (Å²) >= 11 is 0. The molecule has 0 radical (unpaired) electrons. The van der Waals surface area contributed by atoms with Crippen molar-refractivity contribution >= 4 is 22.6 Å². The molecule has 106 valence electrons. The number of hydrogen-bond donors (Lipinski definition) is 0. The van der Waals surface area contributed by atoms with Crippen molar-refractivity contribution < 1.29 is 9.18 Å². The highest BCUT2D eigenvalue weighted by atomic mass is 19.1. The molecule has 0 saturated heterocycles. The average molecular weight is 280 g/mol. The Bertz CT molecular complexity index is 774. The van der Waals surface area contributed by atoms with Gasteiger partial charge in [-0.15, -0.1) is 0 Å². The first-order chi connectivity index (χ1) is 10.2. The first-order valence-corrected chi connectivity index (χ1v) is 7.54. The van der Waals surface area contributed by atoms with E-state index in [0.717, 1.165) is 6.42 Å². The molecule has 0 aliphatic heterocycles. The summed E-state index contributed by atoms with van der Waals surface area (Å²) in [5.41, 5.74) is 3.67. The molecular formula is C19H17FO. The molecule has 1 fully saturated rings. The van der Waals surface area contributed by atoms with Crippen molar-refractivity contribution in [1.82, 2.24) is 0 Å². The molecule has 4 rings (SSSR count). The van der Waals surface area contributed by atoms with Crippen LogP contribution < -0.4 is 0 Å². The van der Waals surface area contributed by atoms with Crippen molar-refractivity contribution in [2.24, 2.45) is 5.92 Å². The highest BCUT2D eigenvalue weighted by Gasteiger charge is 2.40. The Labute approximate surface area is 123 Å². The third-order valence-electron chi connectivity index (χ3n) is 5.05. The van der Waals surface area contributed by atoms with Crippen LogP contribution in [0.1, 0.15) is 35.4 Å². The van der Waals surface area contributed by atoms with Crippen LogP contribution >= 0.6 is 0 Å². The fraction of sp³-hybridized carbons (Fsp3) is 0.316. The standard InChI is InChI=1S/C19H17FO/c1-11-3-2-4-13-12(11)5-6-15-14(13)7-8-17-16(15)9-10-18(21)19(17)20/h2-8,16-17,19H,9-10H2,1H3. The quantitative estimate of drug-likeness (QED) is 0.690. The summed E-state index contributed by atoms with van der Waals surface area (Å²) in [5, 5.41) is 2.48. The zero-order valence-corrected chi connectivity index (χ0v) is 12.0. The lowest BCUT2D eigenvalue weighted by molar-refractivity contribution is -0.127. The first-order valence-electron chi connectivity index (χ1n) is 7.54. The van der Waals surface area contributed by atoms with Crippen molar-refractivity contribution in [1.29, 1.82) is 0 Å². The van der Waals surface area contributed by atoms with Gasteiger partial charge in [-0.25, -0.2) is 4.39 Å². The van der Waals surface area contributed by atoms with Gasteiger partial charge in [0.2, 0.25) is 0 Å². The Morgan fingerprint density at radius 3 is 2.86 bits per heavy atom.